The van der Waals surface area contributed by atoms with E-state index in [1.54, 1.807) is 0 Å². The van der Waals surface area contributed by atoms with E-state index in [1.165, 1.54) is 24.3 Å². The van der Waals surface area contributed by atoms with Gasteiger partial charge in [-0.1, -0.05) is 32.9 Å². The minimum Gasteiger partial charge on any atom is -0.423 e. The number of hydrogen-bond acceptors (Lipinski definition) is 2. The maximum absolute atomic E-state index is 12.6. The van der Waals surface area contributed by atoms with Gasteiger partial charge in [-0.25, -0.2) is 4.39 Å². The Hall–Kier alpha value is -0.865. The van der Waals surface area contributed by atoms with Crippen molar-refractivity contribution in [2.75, 3.05) is 6.61 Å². The maximum atomic E-state index is 12.6. The Morgan fingerprint density at radius 1 is 1.27 bits per heavy atom. The number of hydrogen-bond donors (Lipinski definition) is 1. The molecule has 1 rings (SSSR count). The molecule has 0 spiro atoms. The van der Waals surface area contributed by atoms with Gasteiger partial charge in [-0.05, 0) is 23.0 Å². The molecule has 1 N–H and O–H groups in total. The summed E-state index contributed by atoms with van der Waals surface area (Å²) in [6, 6.07) is 5.64. The molecule has 1 aromatic rings. The van der Waals surface area contributed by atoms with E-state index < -0.39 is 7.12 Å². The van der Waals surface area contributed by atoms with Gasteiger partial charge in [0, 0.05) is 6.61 Å². The highest BCUT2D eigenvalue weighted by Gasteiger charge is 2.20. The predicted molar refractivity (Wildman–Crippen MR) is 59.4 cm³/mol. The van der Waals surface area contributed by atoms with Gasteiger partial charge in [-0.15, -0.1) is 0 Å². The van der Waals surface area contributed by atoms with Gasteiger partial charge in [0.05, 0.1) is 0 Å². The molecule has 1 aromatic carbocycles. The lowest BCUT2D eigenvalue weighted by Crippen LogP contribution is -2.36. The molecule has 2 nitrogen and oxygen atoms in total. The first-order chi connectivity index (χ1) is 6.88. The zero-order valence-electron chi connectivity index (χ0n) is 9.33. The van der Waals surface area contributed by atoms with Gasteiger partial charge < -0.3 is 9.68 Å². The third kappa shape index (κ3) is 4.45. The van der Waals surface area contributed by atoms with Crippen molar-refractivity contribution < 1.29 is 14.1 Å². The van der Waals surface area contributed by atoms with Crippen LogP contribution in [0.25, 0.3) is 0 Å². The standard InChI is InChI=1S/C11H16BFO2/c1-11(2,3)8-15-12(14)9-4-6-10(13)7-5-9/h4-7,14H,8H2,1-3H3. The second kappa shape index (κ2) is 4.77. The summed E-state index contributed by atoms with van der Waals surface area (Å²) in [4.78, 5) is 0. The molecule has 82 valence electrons. The van der Waals surface area contributed by atoms with E-state index in [-0.39, 0.29) is 11.2 Å². The lowest BCUT2D eigenvalue weighted by molar-refractivity contribution is 0.174. The number of rotatable bonds is 3. The summed E-state index contributed by atoms with van der Waals surface area (Å²) in [6.45, 7) is 6.50. The molecule has 0 unspecified atom stereocenters. The van der Waals surface area contributed by atoms with Crippen LogP contribution in [0.2, 0.25) is 0 Å². The molecule has 0 bridgehead atoms. The smallest absolute Gasteiger partial charge is 0.423 e. The van der Waals surface area contributed by atoms with Crippen LogP contribution in [0.4, 0.5) is 4.39 Å². The molecule has 15 heavy (non-hydrogen) atoms. The van der Waals surface area contributed by atoms with Crippen molar-refractivity contribution in [3.8, 4) is 0 Å². The summed E-state index contributed by atoms with van der Waals surface area (Å²) in [6.07, 6.45) is 0. The summed E-state index contributed by atoms with van der Waals surface area (Å²) in [5.74, 6) is -0.318. The quantitative estimate of drug-likeness (QED) is 0.767. The van der Waals surface area contributed by atoms with Crippen molar-refractivity contribution in [2.45, 2.75) is 20.8 Å². The van der Waals surface area contributed by atoms with E-state index in [4.69, 9.17) is 4.65 Å². The highest BCUT2D eigenvalue weighted by atomic mass is 19.1. The minimum atomic E-state index is -0.982. The molecule has 0 saturated carbocycles. The van der Waals surface area contributed by atoms with E-state index >= 15 is 0 Å². The number of halogens is 1. The molecule has 0 atom stereocenters. The zero-order valence-corrected chi connectivity index (χ0v) is 9.33. The fourth-order valence-corrected chi connectivity index (χ4v) is 1.05. The monoisotopic (exact) mass is 210 g/mol. The molecule has 0 amide bonds. The Balaban J connectivity index is 2.54. The van der Waals surface area contributed by atoms with Crippen molar-refractivity contribution in [3.63, 3.8) is 0 Å². The van der Waals surface area contributed by atoms with Crippen molar-refractivity contribution >= 4 is 12.6 Å². The summed E-state index contributed by atoms with van der Waals surface area (Å²) in [5, 5.41) is 9.63. The molecular formula is C11H16BFO2. The minimum absolute atomic E-state index is 0.00100. The first-order valence-corrected chi connectivity index (χ1v) is 4.94. The van der Waals surface area contributed by atoms with Crippen LogP contribution in [0, 0.1) is 11.2 Å². The third-order valence-corrected chi connectivity index (χ3v) is 1.83. The Labute approximate surface area is 90.2 Å². The highest BCUT2D eigenvalue weighted by Crippen LogP contribution is 2.13. The molecule has 0 aliphatic rings. The first-order valence-electron chi connectivity index (χ1n) is 4.94. The van der Waals surface area contributed by atoms with Crippen LogP contribution in [0.15, 0.2) is 24.3 Å². The summed E-state index contributed by atoms with van der Waals surface area (Å²) < 4.78 is 17.9. The molecular weight excluding hydrogens is 194 g/mol. The number of benzene rings is 1. The van der Waals surface area contributed by atoms with Gasteiger partial charge in [-0.2, -0.15) is 0 Å². The molecule has 0 aliphatic heterocycles. The van der Waals surface area contributed by atoms with Crippen LogP contribution in [0.1, 0.15) is 20.8 Å². The van der Waals surface area contributed by atoms with Crippen LogP contribution in [0.5, 0.6) is 0 Å². The highest BCUT2D eigenvalue weighted by molar-refractivity contribution is 6.59. The van der Waals surface area contributed by atoms with Crippen LogP contribution in [0.3, 0.4) is 0 Å². The summed E-state index contributed by atoms with van der Waals surface area (Å²) in [7, 11) is -0.982. The largest absolute Gasteiger partial charge is 0.491 e. The Kier molecular flexibility index (Phi) is 3.88. The van der Waals surface area contributed by atoms with Gasteiger partial charge in [0.25, 0.3) is 0 Å². The lowest BCUT2D eigenvalue weighted by Gasteiger charge is -2.19. The summed E-state index contributed by atoms with van der Waals surface area (Å²) in [5.41, 5.74) is 0.571. The second-order valence-corrected chi connectivity index (χ2v) is 4.78. The van der Waals surface area contributed by atoms with Gasteiger partial charge in [0.15, 0.2) is 0 Å². The first kappa shape index (κ1) is 12.2. The van der Waals surface area contributed by atoms with Crippen molar-refractivity contribution in [1.82, 2.24) is 0 Å². The normalized spacial score (nSPS) is 11.5. The maximum Gasteiger partial charge on any atom is 0.491 e. The SMILES string of the molecule is CC(C)(C)COB(O)c1ccc(F)cc1. The summed E-state index contributed by atoms with van der Waals surface area (Å²) >= 11 is 0. The second-order valence-electron chi connectivity index (χ2n) is 4.78. The Bertz CT molecular complexity index is 305. The molecule has 0 saturated heterocycles. The molecule has 0 aliphatic carbocycles. The fourth-order valence-electron chi connectivity index (χ4n) is 1.05. The topological polar surface area (TPSA) is 29.5 Å². The van der Waals surface area contributed by atoms with Gasteiger partial charge >= 0.3 is 7.12 Å². The van der Waals surface area contributed by atoms with Crippen LogP contribution in [-0.2, 0) is 4.65 Å². The van der Waals surface area contributed by atoms with Crippen LogP contribution in [-0.4, -0.2) is 18.7 Å². The van der Waals surface area contributed by atoms with E-state index in [2.05, 4.69) is 0 Å². The van der Waals surface area contributed by atoms with Gasteiger partial charge in [0.1, 0.15) is 5.82 Å². The van der Waals surface area contributed by atoms with E-state index in [0.717, 1.165) is 0 Å². The zero-order chi connectivity index (χ0) is 11.5. The Morgan fingerprint density at radius 2 is 1.80 bits per heavy atom. The van der Waals surface area contributed by atoms with Crippen LogP contribution >= 0.6 is 0 Å². The molecule has 0 radical (unpaired) electrons. The van der Waals surface area contributed by atoms with Crippen molar-refractivity contribution in [2.24, 2.45) is 5.41 Å². The van der Waals surface area contributed by atoms with Gasteiger partial charge in [-0.3, -0.25) is 0 Å². The molecule has 0 heterocycles. The third-order valence-electron chi connectivity index (χ3n) is 1.83. The predicted octanol–water partition coefficient (Wildman–Crippen LogP) is 1.58. The van der Waals surface area contributed by atoms with E-state index in [1.807, 2.05) is 20.8 Å². The molecule has 4 heteroatoms. The fraction of sp³-hybridized carbons (Fsp3) is 0.455. The van der Waals surface area contributed by atoms with E-state index in [0.29, 0.717) is 12.1 Å². The van der Waals surface area contributed by atoms with Crippen molar-refractivity contribution in [1.29, 1.82) is 0 Å². The van der Waals surface area contributed by atoms with E-state index in [9.17, 15) is 9.41 Å². The average Bonchev–Trinajstić information content (AvgIpc) is 2.14. The lowest BCUT2D eigenvalue weighted by atomic mass is 9.79. The molecule has 0 aromatic heterocycles. The molecule has 0 fully saturated rings. The Morgan fingerprint density at radius 3 is 2.27 bits per heavy atom. The van der Waals surface area contributed by atoms with Crippen LogP contribution < -0.4 is 5.46 Å². The van der Waals surface area contributed by atoms with Crippen molar-refractivity contribution in [3.05, 3.63) is 30.1 Å². The van der Waals surface area contributed by atoms with Gasteiger partial charge in [0.2, 0.25) is 0 Å². The average molecular weight is 210 g/mol.